The number of nitrogens with zero attached hydrogens (tertiary/aromatic N) is 2. The number of nitrogens with two attached hydrogens (primary N) is 1. The van der Waals surface area contributed by atoms with Gasteiger partial charge in [0.05, 0.1) is 12.2 Å². The number of hydrogen-bond donors (Lipinski definition) is 1. The van der Waals surface area contributed by atoms with Crippen molar-refractivity contribution in [3.63, 3.8) is 0 Å². The lowest BCUT2D eigenvalue weighted by atomic mass is 10.3. The molecule has 0 amide bonds. The van der Waals surface area contributed by atoms with Gasteiger partial charge in [-0.3, -0.25) is 0 Å². The normalized spacial score (nSPS) is 10.8. The van der Waals surface area contributed by atoms with Crippen LogP contribution in [-0.2, 0) is 6.54 Å². The summed E-state index contributed by atoms with van der Waals surface area (Å²) in [4.78, 5) is 6.53. The Bertz CT molecular complexity index is 691. The highest BCUT2D eigenvalue weighted by Crippen LogP contribution is 2.23. The summed E-state index contributed by atoms with van der Waals surface area (Å²) in [5, 5.41) is 0. The van der Waals surface area contributed by atoms with Crippen LogP contribution >= 0.6 is 0 Å². The van der Waals surface area contributed by atoms with E-state index in [9.17, 15) is 0 Å². The maximum atomic E-state index is 5.86. The smallest absolute Gasteiger partial charge is 0.215 e. The monoisotopic (exact) mass is 253 g/mol. The lowest BCUT2D eigenvalue weighted by Gasteiger charge is -2.16. The summed E-state index contributed by atoms with van der Waals surface area (Å²) in [6.07, 6.45) is 0. The van der Waals surface area contributed by atoms with Crippen molar-refractivity contribution in [2.45, 2.75) is 6.54 Å². The van der Waals surface area contributed by atoms with Gasteiger partial charge in [0.2, 0.25) is 5.89 Å². The van der Waals surface area contributed by atoms with Gasteiger partial charge in [-0.25, -0.2) is 4.98 Å². The van der Waals surface area contributed by atoms with Crippen molar-refractivity contribution in [3.8, 4) is 0 Å². The Labute approximate surface area is 111 Å². The highest BCUT2D eigenvalue weighted by Gasteiger charge is 2.10. The third-order valence-electron chi connectivity index (χ3n) is 3.06. The van der Waals surface area contributed by atoms with Crippen LogP contribution in [0.1, 0.15) is 5.89 Å². The third-order valence-corrected chi connectivity index (χ3v) is 3.06. The second-order valence-electron chi connectivity index (χ2n) is 4.49. The Morgan fingerprint density at radius 2 is 1.89 bits per heavy atom. The minimum absolute atomic E-state index is 0.609. The molecule has 0 saturated carbocycles. The zero-order valence-electron chi connectivity index (χ0n) is 10.7. The molecule has 0 spiro atoms. The van der Waals surface area contributed by atoms with Gasteiger partial charge in [-0.15, -0.1) is 0 Å². The molecule has 0 bridgehead atoms. The first kappa shape index (κ1) is 11.6. The first-order chi connectivity index (χ1) is 9.24. The van der Waals surface area contributed by atoms with Gasteiger partial charge in [-0.2, -0.15) is 0 Å². The van der Waals surface area contributed by atoms with Crippen LogP contribution in [0.15, 0.2) is 52.9 Å². The molecular formula is C15H15N3O. The summed E-state index contributed by atoms with van der Waals surface area (Å²) in [5.41, 5.74) is 9.08. The van der Waals surface area contributed by atoms with Crippen LogP contribution in [0.5, 0.6) is 0 Å². The number of anilines is 2. The quantitative estimate of drug-likeness (QED) is 0.729. The number of para-hydroxylation sites is 2. The molecule has 0 atom stereocenters. The maximum Gasteiger partial charge on any atom is 0.215 e. The maximum absolute atomic E-state index is 5.86. The van der Waals surface area contributed by atoms with Crippen LogP contribution in [-0.4, -0.2) is 12.0 Å². The summed E-state index contributed by atoms with van der Waals surface area (Å²) < 4.78 is 5.71. The van der Waals surface area contributed by atoms with E-state index >= 15 is 0 Å². The molecule has 2 N–H and O–H groups in total. The highest BCUT2D eigenvalue weighted by molar-refractivity contribution is 5.84. The van der Waals surface area contributed by atoms with E-state index in [4.69, 9.17) is 10.2 Å². The predicted molar refractivity (Wildman–Crippen MR) is 77.0 cm³/mol. The van der Waals surface area contributed by atoms with Crippen molar-refractivity contribution in [1.29, 1.82) is 0 Å². The van der Waals surface area contributed by atoms with E-state index in [-0.39, 0.29) is 0 Å². The fourth-order valence-corrected chi connectivity index (χ4v) is 2.06. The zero-order valence-corrected chi connectivity index (χ0v) is 10.7. The number of fused-ring (bicyclic) bond motifs is 1. The summed E-state index contributed by atoms with van der Waals surface area (Å²) in [5.74, 6) is 0.666. The number of nitrogen functional groups attached to an aromatic ring is 1. The number of oxazole rings is 1. The Morgan fingerprint density at radius 1 is 1.11 bits per heavy atom. The largest absolute Gasteiger partial charge is 0.437 e. The molecule has 96 valence electrons. The first-order valence-electron chi connectivity index (χ1n) is 6.14. The molecule has 0 fully saturated rings. The van der Waals surface area contributed by atoms with E-state index in [2.05, 4.69) is 22.0 Å². The van der Waals surface area contributed by atoms with Gasteiger partial charge in [-0.1, -0.05) is 24.3 Å². The van der Waals surface area contributed by atoms with E-state index < -0.39 is 0 Å². The van der Waals surface area contributed by atoms with Gasteiger partial charge in [0.15, 0.2) is 5.58 Å². The predicted octanol–water partition coefficient (Wildman–Crippen LogP) is 3.05. The Kier molecular flexibility index (Phi) is 2.83. The molecule has 3 aromatic rings. The van der Waals surface area contributed by atoms with Gasteiger partial charge in [0.25, 0.3) is 0 Å². The average molecular weight is 253 g/mol. The van der Waals surface area contributed by atoms with E-state index in [1.807, 2.05) is 43.4 Å². The van der Waals surface area contributed by atoms with E-state index in [1.165, 1.54) is 0 Å². The lowest BCUT2D eigenvalue weighted by Crippen LogP contribution is -2.16. The van der Waals surface area contributed by atoms with E-state index in [1.54, 1.807) is 0 Å². The molecule has 2 aromatic carbocycles. The average Bonchev–Trinajstić information content (AvgIpc) is 2.84. The zero-order chi connectivity index (χ0) is 13.2. The van der Waals surface area contributed by atoms with Crippen molar-refractivity contribution < 1.29 is 4.42 Å². The topological polar surface area (TPSA) is 55.3 Å². The van der Waals surface area contributed by atoms with Crippen LogP contribution < -0.4 is 10.6 Å². The molecule has 1 aromatic heterocycles. The Balaban J connectivity index is 1.88. The van der Waals surface area contributed by atoms with Crippen LogP contribution in [0.3, 0.4) is 0 Å². The van der Waals surface area contributed by atoms with Gasteiger partial charge in [0.1, 0.15) is 5.52 Å². The van der Waals surface area contributed by atoms with Gasteiger partial charge in [-0.05, 0) is 24.3 Å². The van der Waals surface area contributed by atoms with Crippen molar-refractivity contribution >= 4 is 22.5 Å². The number of aromatic nitrogens is 1. The summed E-state index contributed by atoms with van der Waals surface area (Å²) >= 11 is 0. The van der Waals surface area contributed by atoms with Crippen LogP contribution in [0, 0.1) is 0 Å². The molecule has 0 saturated heterocycles. The van der Waals surface area contributed by atoms with Crippen molar-refractivity contribution in [3.05, 3.63) is 54.4 Å². The third kappa shape index (κ3) is 2.25. The van der Waals surface area contributed by atoms with Crippen molar-refractivity contribution in [1.82, 2.24) is 4.98 Å². The molecule has 0 aliphatic heterocycles. The van der Waals surface area contributed by atoms with Crippen molar-refractivity contribution in [2.75, 3.05) is 17.7 Å². The molecule has 0 radical (unpaired) electrons. The number of benzene rings is 2. The molecule has 19 heavy (non-hydrogen) atoms. The molecule has 0 aliphatic carbocycles. The Morgan fingerprint density at radius 3 is 2.63 bits per heavy atom. The second kappa shape index (κ2) is 4.65. The lowest BCUT2D eigenvalue weighted by molar-refractivity contribution is 0.528. The molecule has 0 aliphatic rings. The first-order valence-corrected chi connectivity index (χ1v) is 6.14. The van der Waals surface area contributed by atoms with Crippen LogP contribution in [0.4, 0.5) is 11.4 Å². The van der Waals surface area contributed by atoms with E-state index in [0.717, 1.165) is 11.2 Å². The van der Waals surface area contributed by atoms with E-state index in [0.29, 0.717) is 23.7 Å². The molecule has 3 rings (SSSR count). The fourth-order valence-electron chi connectivity index (χ4n) is 2.06. The molecular weight excluding hydrogens is 238 g/mol. The highest BCUT2D eigenvalue weighted by atomic mass is 16.3. The van der Waals surface area contributed by atoms with Gasteiger partial charge in [0, 0.05) is 12.7 Å². The molecule has 1 heterocycles. The minimum Gasteiger partial charge on any atom is -0.437 e. The minimum atomic E-state index is 0.609. The van der Waals surface area contributed by atoms with Gasteiger partial charge >= 0.3 is 0 Å². The number of hydrogen-bond acceptors (Lipinski definition) is 4. The summed E-state index contributed by atoms with van der Waals surface area (Å²) in [6.45, 7) is 0.609. The molecule has 4 nitrogen and oxygen atoms in total. The standard InChI is InChI=1S/C15H15N3O/c1-18(11-6-3-2-4-7-11)10-14-17-13-9-5-8-12(16)15(13)19-14/h2-9H,10,16H2,1H3. The SMILES string of the molecule is CN(Cc1nc2cccc(N)c2o1)c1ccccc1. The second-order valence-corrected chi connectivity index (χ2v) is 4.49. The Hall–Kier alpha value is -2.49. The van der Waals surface area contributed by atoms with Crippen LogP contribution in [0.25, 0.3) is 11.1 Å². The fraction of sp³-hybridized carbons (Fsp3) is 0.133. The van der Waals surface area contributed by atoms with Gasteiger partial charge < -0.3 is 15.1 Å². The van der Waals surface area contributed by atoms with Crippen LogP contribution in [0.2, 0.25) is 0 Å². The molecule has 0 unspecified atom stereocenters. The molecule has 4 heteroatoms. The number of rotatable bonds is 3. The summed E-state index contributed by atoms with van der Waals surface area (Å²) in [7, 11) is 2.01. The summed E-state index contributed by atoms with van der Waals surface area (Å²) in [6, 6.07) is 15.7. The van der Waals surface area contributed by atoms with Crippen molar-refractivity contribution in [2.24, 2.45) is 0 Å².